The molecule has 4 heterocycles. The number of H-pyrrole nitrogens is 1. The van der Waals surface area contributed by atoms with E-state index in [1.165, 1.54) is 10.9 Å². The number of halogens is 2. The van der Waals surface area contributed by atoms with Crippen LogP contribution in [-0.4, -0.2) is 70.4 Å². The lowest BCUT2D eigenvalue weighted by Crippen LogP contribution is -2.84. The average molecular weight is 505 g/mol. The van der Waals surface area contributed by atoms with E-state index < -0.39 is 0 Å². The number of anilines is 1. The van der Waals surface area contributed by atoms with Gasteiger partial charge in [0.25, 0.3) is 0 Å². The number of hydrogen-bond acceptors (Lipinski definition) is 4. The molecule has 3 aliphatic carbocycles. The van der Waals surface area contributed by atoms with Crippen LogP contribution < -0.4 is 5.32 Å². The topological polar surface area (TPSA) is 54.5 Å². The first kappa shape index (κ1) is 22.5. The third-order valence-corrected chi connectivity index (χ3v) is 10.3. The molecule has 3 N–H and O–H groups in total. The Morgan fingerprint density at radius 2 is 2.00 bits per heavy atom. The lowest BCUT2D eigenvalue weighted by atomic mass is 9.29. The quantitative estimate of drug-likeness (QED) is 0.455. The molecule has 2 bridgehead atoms. The predicted octanol–water partition coefficient (Wildman–Crippen LogP) is 4.72. The normalized spacial score (nSPS) is 34.0. The van der Waals surface area contributed by atoms with Crippen molar-refractivity contribution in [3.8, 4) is 0 Å². The van der Waals surface area contributed by atoms with E-state index >= 15 is 4.39 Å². The van der Waals surface area contributed by atoms with Gasteiger partial charge < -0.3 is 15.4 Å². The highest BCUT2D eigenvalue weighted by atomic mass is 19.1. The number of aromatic amines is 1. The summed E-state index contributed by atoms with van der Waals surface area (Å²) in [5, 5.41) is 15.2. The van der Waals surface area contributed by atoms with E-state index in [1.807, 2.05) is 0 Å². The van der Waals surface area contributed by atoms with Crippen LogP contribution >= 0.6 is 0 Å². The van der Waals surface area contributed by atoms with Crippen LogP contribution in [0.1, 0.15) is 60.5 Å². The summed E-state index contributed by atoms with van der Waals surface area (Å²) >= 11 is 0. The molecule has 3 aliphatic heterocycles. The highest BCUT2D eigenvalue weighted by Crippen LogP contribution is 2.81. The van der Waals surface area contributed by atoms with Crippen LogP contribution in [0.15, 0.2) is 36.4 Å². The zero-order valence-electron chi connectivity index (χ0n) is 21.2. The number of rotatable bonds is 6. The molecule has 7 heteroatoms. The van der Waals surface area contributed by atoms with Crippen LogP contribution in [0.5, 0.6) is 0 Å². The van der Waals surface area contributed by atoms with Crippen LogP contribution in [0, 0.1) is 11.2 Å². The molecule has 1 spiro atoms. The van der Waals surface area contributed by atoms with Crippen molar-refractivity contribution in [3.05, 3.63) is 64.6 Å². The summed E-state index contributed by atoms with van der Waals surface area (Å²) in [4.78, 5) is 8.55. The fourth-order valence-electron chi connectivity index (χ4n) is 9.09. The molecule has 5 nitrogen and oxygen atoms in total. The van der Waals surface area contributed by atoms with Crippen LogP contribution in [0.4, 0.5) is 14.5 Å². The minimum absolute atomic E-state index is 0.000500. The zero-order valence-corrected chi connectivity index (χ0v) is 21.2. The number of para-hydroxylation sites is 1. The summed E-state index contributed by atoms with van der Waals surface area (Å²) in [5.41, 5.74) is 6.17. The molecular formula is C30H34F2N4O. The maximum absolute atomic E-state index is 16.3. The van der Waals surface area contributed by atoms with Gasteiger partial charge >= 0.3 is 0 Å². The third kappa shape index (κ3) is 2.78. The van der Waals surface area contributed by atoms with E-state index in [-0.39, 0.29) is 48.1 Å². The van der Waals surface area contributed by atoms with Gasteiger partial charge in [-0.05, 0) is 61.9 Å². The fourth-order valence-corrected chi connectivity index (χ4v) is 9.09. The average Bonchev–Trinajstić information content (AvgIpc) is 3.18. The van der Waals surface area contributed by atoms with Gasteiger partial charge in [0.2, 0.25) is 0 Å². The first-order chi connectivity index (χ1) is 18.0. The molecule has 3 atom stereocenters. The van der Waals surface area contributed by atoms with Gasteiger partial charge in [-0.1, -0.05) is 18.2 Å². The van der Waals surface area contributed by atoms with E-state index in [9.17, 15) is 9.50 Å². The van der Waals surface area contributed by atoms with Crippen molar-refractivity contribution >= 4 is 16.6 Å². The largest absolute Gasteiger partial charge is 0.396 e. The molecule has 2 aromatic carbocycles. The summed E-state index contributed by atoms with van der Waals surface area (Å²) in [6, 6.07) is 12.7. The second kappa shape index (κ2) is 7.55. The van der Waals surface area contributed by atoms with Gasteiger partial charge in [-0.2, -0.15) is 0 Å². The molecule has 37 heavy (non-hydrogen) atoms. The number of fused-ring (bicyclic) bond motifs is 7. The van der Waals surface area contributed by atoms with Crippen molar-refractivity contribution in [3.63, 3.8) is 0 Å². The summed E-state index contributed by atoms with van der Waals surface area (Å²) < 4.78 is 28.8. The van der Waals surface area contributed by atoms with E-state index in [1.54, 1.807) is 6.07 Å². The minimum Gasteiger partial charge on any atom is -0.396 e. The number of nitrogens with zero attached hydrogens (tertiary/aromatic N) is 2. The molecule has 6 aliphatic rings. The molecule has 0 radical (unpaired) electrons. The van der Waals surface area contributed by atoms with Crippen LogP contribution in [0.25, 0.3) is 10.9 Å². The lowest BCUT2D eigenvalue weighted by Gasteiger charge is -2.82. The summed E-state index contributed by atoms with van der Waals surface area (Å²) in [6.07, 6.45) is 3.50. The highest BCUT2D eigenvalue weighted by molar-refractivity contribution is 5.85. The predicted molar refractivity (Wildman–Crippen MR) is 140 cm³/mol. The lowest BCUT2D eigenvalue weighted by molar-refractivity contribution is -0.286. The van der Waals surface area contributed by atoms with Crippen molar-refractivity contribution in [1.29, 1.82) is 0 Å². The van der Waals surface area contributed by atoms with Gasteiger partial charge in [-0.3, -0.25) is 14.2 Å². The number of aromatic nitrogens is 1. The molecule has 0 amide bonds. The van der Waals surface area contributed by atoms with Gasteiger partial charge in [0.1, 0.15) is 5.82 Å². The van der Waals surface area contributed by atoms with Crippen molar-refractivity contribution < 1.29 is 13.9 Å². The summed E-state index contributed by atoms with van der Waals surface area (Å²) in [5.74, 6) is 0.0138. The Bertz CT molecular complexity index is 1410. The van der Waals surface area contributed by atoms with E-state index in [4.69, 9.17) is 0 Å². The Balaban J connectivity index is 1.22. The molecule has 9 rings (SSSR count). The van der Waals surface area contributed by atoms with Crippen LogP contribution in [-0.2, 0) is 6.42 Å². The Labute approximate surface area is 215 Å². The van der Waals surface area contributed by atoms with Crippen LogP contribution in [0.2, 0.25) is 0 Å². The number of hydrogen-bond donors (Lipinski definition) is 3. The molecule has 1 aromatic heterocycles. The fraction of sp³-hybridized carbons (Fsp3) is 0.533. The standard InChI is InChI=1S/C30H34F2N4O/c1-17-9-21-20-5-2-3-6-24(20)34-26(21)27-25-22(28-29(16-37)14-30(28,15-29)36(17)27)10-18(11-23(25)32)33-19-12-35(13-19)8-4-7-31/h2-3,5-6,10-11,17,19,27-28,33-34,37H,4,7-9,12-16H2,1H3/t17-,27-,28?,29?,30?/m0/s1. The van der Waals surface area contributed by atoms with Crippen molar-refractivity contribution in [1.82, 2.24) is 14.8 Å². The molecule has 1 unspecified atom stereocenters. The van der Waals surface area contributed by atoms with E-state index in [0.29, 0.717) is 12.5 Å². The Hall–Kier alpha value is -2.48. The van der Waals surface area contributed by atoms with E-state index in [2.05, 4.69) is 57.4 Å². The molecule has 4 fully saturated rings. The van der Waals surface area contributed by atoms with Crippen molar-refractivity contribution in [2.75, 3.05) is 38.2 Å². The molecular weight excluding hydrogens is 470 g/mol. The number of aliphatic hydroxyl groups is 1. The Morgan fingerprint density at radius 3 is 2.78 bits per heavy atom. The van der Waals surface area contributed by atoms with Gasteiger partial charge in [0.15, 0.2) is 0 Å². The Kier molecular flexibility index (Phi) is 4.59. The number of nitrogens with one attached hydrogen (secondary N) is 2. The molecule has 194 valence electrons. The van der Waals surface area contributed by atoms with Crippen LogP contribution in [0.3, 0.4) is 0 Å². The smallest absolute Gasteiger partial charge is 0.130 e. The molecule has 3 saturated carbocycles. The highest BCUT2D eigenvalue weighted by Gasteiger charge is 2.80. The molecule has 1 saturated heterocycles. The number of alkyl halides is 1. The first-order valence-electron chi connectivity index (χ1n) is 13.8. The molecule has 3 aromatic rings. The van der Waals surface area contributed by atoms with Gasteiger partial charge in [-0.25, -0.2) is 4.39 Å². The number of likely N-dealkylation sites (tertiary alicyclic amines) is 1. The summed E-state index contributed by atoms with van der Waals surface area (Å²) in [6.45, 7) is 4.67. The van der Waals surface area contributed by atoms with Gasteiger partial charge in [0.05, 0.1) is 18.8 Å². The first-order valence-corrected chi connectivity index (χ1v) is 13.8. The summed E-state index contributed by atoms with van der Waals surface area (Å²) in [7, 11) is 0. The SMILES string of the molecule is C[C@H]1Cc2c([nH]c3ccccc23)[C@@H]2c3c(F)cc(NC4CN(CCCF)C4)cc3C3C4(CO)CC3(C4)N21. The number of aliphatic hydroxyl groups excluding tert-OH is 1. The third-order valence-electron chi connectivity index (χ3n) is 10.3. The Morgan fingerprint density at radius 1 is 1.19 bits per heavy atom. The minimum atomic E-state index is -0.282. The van der Waals surface area contributed by atoms with E-state index in [0.717, 1.165) is 66.9 Å². The maximum Gasteiger partial charge on any atom is 0.130 e. The van der Waals surface area contributed by atoms with Crippen molar-refractivity contribution in [2.24, 2.45) is 5.41 Å². The monoisotopic (exact) mass is 504 g/mol. The van der Waals surface area contributed by atoms with Gasteiger partial charge in [0, 0.05) is 77.0 Å². The second-order valence-electron chi connectivity index (χ2n) is 12.4. The van der Waals surface area contributed by atoms with Gasteiger partial charge in [-0.15, -0.1) is 0 Å². The maximum atomic E-state index is 16.3. The number of benzene rings is 2. The zero-order chi connectivity index (χ0) is 25.1. The van der Waals surface area contributed by atoms with Crippen molar-refractivity contribution in [2.45, 2.75) is 62.2 Å². The second-order valence-corrected chi connectivity index (χ2v) is 12.4.